The number of halogens is 1. The highest BCUT2D eigenvalue weighted by Gasteiger charge is 2.21. The number of hydrogen-bond acceptors (Lipinski definition) is 2. The second-order valence-electron chi connectivity index (χ2n) is 5.83. The zero-order chi connectivity index (χ0) is 13.9. The predicted octanol–water partition coefficient (Wildman–Crippen LogP) is 4.76. The van der Waals surface area contributed by atoms with Gasteiger partial charge in [0.05, 0.1) is 5.88 Å². The van der Waals surface area contributed by atoms with E-state index in [0.717, 1.165) is 17.0 Å². The van der Waals surface area contributed by atoms with Crippen LogP contribution in [0.25, 0.3) is 11.2 Å². The smallest absolute Gasteiger partial charge is 0.160 e. The molecule has 1 fully saturated rings. The average molecular weight is 292 g/mol. The minimum Gasteiger partial charge on any atom is -0.309 e. The van der Waals surface area contributed by atoms with E-state index in [1.54, 1.807) is 0 Å². The zero-order valence-electron chi connectivity index (χ0n) is 12.1. The zero-order valence-corrected chi connectivity index (χ0v) is 12.9. The first-order chi connectivity index (χ1) is 9.81. The van der Waals surface area contributed by atoms with E-state index in [9.17, 15) is 0 Å². The van der Waals surface area contributed by atoms with Gasteiger partial charge in [-0.2, -0.15) is 0 Å². The van der Waals surface area contributed by atoms with Crippen molar-refractivity contribution in [2.75, 3.05) is 0 Å². The quantitative estimate of drug-likeness (QED) is 0.747. The van der Waals surface area contributed by atoms with Crippen molar-refractivity contribution >= 4 is 22.8 Å². The van der Waals surface area contributed by atoms with Gasteiger partial charge >= 0.3 is 0 Å². The van der Waals surface area contributed by atoms with E-state index in [1.165, 1.54) is 50.5 Å². The molecule has 20 heavy (non-hydrogen) atoms. The summed E-state index contributed by atoms with van der Waals surface area (Å²) in [7, 11) is 0. The molecule has 0 N–H and O–H groups in total. The number of aromatic nitrogens is 3. The third-order valence-electron chi connectivity index (χ3n) is 4.41. The summed E-state index contributed by atoms with van der Waals surface area (Å²) in [6.45, 7) is 2.09. The van der Waals surface area contributed by atoms with Gasteiger partial charge in [0.25, 0.3) is 0 Å². The lowest BCUT2D eigenvalue weighted by Gasteiger charge is -2.23. The molecule has 0 radical (unpaired) electrons. The Bertz CT molecular complexity index is 583. The molecule has 1 saturated carbocycles. The summed E-state index contributed by atoms with van der Waals surface area (Å²) in [6, 6.07) is 2.54. The monoisotopic (exact) mass is 291 g/mol. The molecule has 0 bridgehead atoms. The Morgan fingerprint density at radius 2 is 1.90 bits per heavy atom. The van der Waals surface area contributed by atoms with Gasteiger partial charge in [-0.05, 0) is 31.4 Å². The van der Waals surface area contributed by atoms with Gasteiger partial charge in [-0.15, -0.1) is 11.6 Å². The molecule has 0 unspecified atom stereocenters. The molecular weight excluding hydrogens is 270 g/mol. The first-order valence-corrected chi connectivity index (χ1v) is 8.23. The Morgan fingerprint density at radius 1 is 1.20 bits per heavy atom. The number of pyridine rings is 1. The van der Waals surface area contributed by atoms with Crippen molar-refractivity contribution in [1.82, 2.24) is 14.5 Å². The van der Waals surface area contributed by atoms with Crippen LogP contribution in [0.1, 0.15) is 62.4 Å². The summed E-state index contributed by atoms with van der Waals surface area (Å²) >= 11 is 6.14. The van der Waals surface area contributed by atoms with Gasteiger partial charge in [0.2, 0.25) is 0 Å². The number of alkyl halides is 1. The van der Waals surface area contributed by atoms with Crippen LogP contribution in [-0.2, 0) is 5.88 Å². The molecular formula is C16H22ClN3. The lowest BCUT2D eigenvalue weighted by atomic mass is 9.96. The second kappa shape index (κ2) is 6.13. The molecule has 0 saturated heterocycles. The van der Waals surface area contributed by atoms with E-state index in [0.29, 0.717) is 11.9 Å². The second-order valence-corrected chi connectivity index (χ2v) is 6.10. The Hall–Kier alpha value is -1.09. The number of imidazole rings is 1. The Labute approximate surface area is 125 Å². The van der Waals surface area contributed by atoms with Crippen LogP contribution in [0.5, 0.6) is 0 Å². The third-order valence-corrected chi connectivity index (χ3v) is 4.65. The van der Waals surface area contributed by atoms with Crippen LogP contribution in [0.2, 0.25) is 0 Å². The van der Waals surface area contributed by atoms with Gasteiger partial charge in [0.15, 0.2) is 5.65 Å². The van der Waals surface area contributed by atoms with E-state index in [4.69, 9.17) is 16.6 Å². The predicted molar refractivity (Wildman–Crippen MR) is 83.2 cm³/mol. The highest BCUT2D eigenvalue weighted by molar-refractivity contribution is 6.16. The summed E-state index contributed by atoms with van der Waals surface area (Å²) in [4.78, 5) is 9.31. The lowest BCUT2D eigenvalue weighted by Crippen LogP contribution is -2.14. The summed E-state index contributed by atoms with van der Waals surface area (Å²) in [5, 5.41) is 0. The average Bonchev–Trinajstić information content (AvgIpc) is 2.79. The molecule has 0 atom stereocenters. The number of aryl methyl sites for hydroxylation is 1. The minimum absolute atomic E-state index is 0.465. The topological polar surface area (TPSA) is 30.7 Å². The molecule has 3 nitrogen and oxygen atoms in total. The van der Waals surface area contributed by atoms with Crippen molar-refractivity contribution in [3.05, 3.63) is 23.7 Å². The summed E-state index contributed by atoms with van der Waals surface area (Å²) < 4.78 is 2.32. The van der Waals surface area contributed by atoms with Gasteiger partial charge in [-0.3, -0.25) is 0 Å². The molecule has 2 heterocycles. The maximum absolute atomic E-state index is 6.14. The van der Waals surface area contributed by atoms with Crippen molar-refractivity contribution in [3.8, 4) is 0 Å². The van der Waals surface area contributed by atoms with Gasteiger partial charge < -0.3 is 4.57 Å². The van der Waals surface area contributed by atoms with Gasteiger partial charge in [-0.25, -0.2) is 9.97 Å². The first-order valence-electron chi connectivity index (χ1n) is 7.69. The standard InChI is InChI=1S/C16H22ClN3/c1-12-9-10-18-16-15(12)19-14(11-17)20(16)13-7-5-3-2-4-6-8-13/h9-10,13H,2-8,11H2,1H3. The largest absolute Gasteiger partial charge is 0.309 e. The van der Waals surface area contributed by atoms with Crippen molar-refractivity contribution in [1.29, 1.82) is 0 Å². The van der Waals surface area contributed by atoms with Crippen molar-refractivity contribution < 1.29 is 0 Å². The molecule has 0 aliphatic heterocycles. The highest BCUT2D eigenvalue weighted by atomic mass is 35.5. The number of hydrogen-bond donors (Lipinski definition) is 0. The summed E-state index contributed by atoms with van der Waals surface area (Å²) in [5.74, 6) is 1.45. The fourth-order valence-electron chi connectivity index (χ4n) is 3.33. The molecule has 1 aliphatic rings. The van der Waals surface area contributed by atoms with Crippen LogP contribution in [-0.4, -0.2) is 14.5 Å². The molecule has 0 amide bonds. The van der Waals surface area contributed by atoms with Crippen LogP contribution in [0.3, 0.4) is 0 Å². The molecule has 0 spiro atoms. The van der Waals surface area contributed by atoms with E-state index in [-0.39, 0.29) is 0 Å². The van der Waals surface area contributed by atoms with Crippen molar-refractivity contribution in [2.24, 2.45) is 0 Å². The van der Waals surface area contributed by atoms with E-state index < -0.39 is 0 Å². The van der Waals surface area contributed by atoms with Crippen molar-refractivity contribution in [2.45, 2.75) is 63.8 Å². The fourth-order valence-corrected chi connectivity index (χ4v) is 3.52. The van der Waals surface area contributed by atoms with Crippen LogP contribution in [0.15, 0.2) is 12.3 Å². The van der Waals surface area contributed by atoms with Gasteiger partial charge in [0.1, 0.15) is 11.3 Å². The lowest BCUT2D eigenvalue weighted by molar-refractivity contribution is 0.372. The third kappa shape index (κ3) is 2.56. The Kier molecular flexibility index (Phi) is 4.25. The molecule has 3 rings (SSSR count). The molecule has 2 aromatic heterocycles. The van der Waals surface area contributed by atoms with E-state index in [1.807, 2.05) is 12.3 Å². The highest BCUT2D eigenvalue weighted by Crippen LogP contribution is 2.31. The van der Waals surface area contributed by atoms with Crippen LogP contribution >= 0.6 is 11.6 Å². The van der Waals surface area contributed by atoms with Gasteiger partial charge in [0, 0.05) is 12.2 Å². The van der Waals surface area contributed by atoms with Crippen LogP contribution in [0, 0.1) is 6.92 Å². The maximum atomic E-state index is 6.14. The van der Waals surface area contributed by atoms with Crippen LogP contribution in [0.4, 0.5) is 0 Å². The Morgan fingerprint density at radius 3 is 2.60 bits per heavy atom. The van der Waals surface area contributed by atoms with E-state index >= 15 is 0 Å². The SMILES string of the molecule is Cc1ccnc2c1nc(CCl)n2C1CCCCCCC1. The molecule has 1 aliphatic carbocycles. The molecule has 108 valence electrons. The van der Waals surface area contributed by atoms with Crippen LogP contribution < -0.4 is 0 Å². The van der Waals surface area contributed by atoms with Crippen molar-refractivity contribution in [3.63, 3.8) is 0 Å². The Balaban J connectivity index is 2.05. The number of fused-ring (bicyclic) bond motifs is 1. The van der Waals surface area contributed by atoms with Gasteiger partial charge in [-0.1, -0.05) is 32.1 Å². The molecule has 4 heteroatoms. The number of nitrogens with zero attached hydrogens (tertiary/aromatic N) is 3. The summed E-state index contributed by atoms with van der Waals surface area (Å²) in [6.07, 6.45) is 11.0. The molecule has 2 aromatic rings. The summed E-state index contributed by atoms with van der Waals surface area (Å²) in [5.41, 5.74) is 3.22. The number of rotatable bonds is 2. The maximum Gasteiger partial charge on any atom is 0.160 e. The first kappa shape index (κ1) is 13.9. The normalized spacial score (nSPS) is 18.1. The fraction of sp³-hybridized carbons (Fsp3) is 0.625. The molecule has 0 aromatic carbocycles. The minimum atomic E-state index is 0.465. The van der Waals surface area contributed by atoms with E-state index in [2.05, 4.69) is 16.5 Å².